The molecular weight excluding hydrogens is 266 g/mol. The minimum Gasteiger partial charge on any atom is -0.480 e. The van der Waals surface area contributed by atoms with Crippen LogP contribution in [0.5, 0.6) is 0 Å². The van der Waals surface area contributed by atoms with E-state index in [2.05, 4.69) is 5.43 Å². The second-order valence-electron chi connectivity index (χ2n) is 4.38. The molecule has 0 bridgehead atoms. The van der Waals surface area contributed by atoms with E-state index in [1.54, 1.807) is 18.2 Å². The van der Waals surface area contributed by atoms with Crippen molar-refractivity contribution in [3.05, 3.63) is 39.9 Å². The highest BCUT2D eigenvalue weighted by molar-refractivity contribution is 5.86. The van der Waals surface area contributed by atoms with Crippen molar-refractivity contribution in [1.82, 2.24) is 10.4 Å². The van der Waals surface area contributed by atoms with E-state index in [-0.39, 0.29) is 31.0 Å². The number of carboxylic acid groups (broad SMARTS) is 1. The first kappa shape index (κ1) is 13.9. The van der Waals surface area contributed by atoms with E-state index in [4.69, 9.17) is 5.11 Å². The summed E-state index contributed by atoms with van der Waals surface area (Å²) in [5.41, 5.74) is 2.99. The molecule has 2 N–H and O–H groups in total. The van der Waals surface area contributed by atoms with Crippen LogP contribution in [0.2, 0.25) is 0 Å². The fourth-order valence-corrected chi connectivity index (χ4v) is 2.12. The Balaban J connectivity index is 2.10. The van der Waals surface area contributed by atoms with E-state index in [9.17, 15) is 19.7 Å². The van der Waals surface area contributed by atoms with Crippen molar-refractivity contribution >= 4 is 17.6 Å². The van der Waals surface area contributed by atoms with Crippen LogP contribution in [0.15, 0.2) is 24.3 Å². The summed E-state index contributed by atoms with van der Waals surface area (Å²) >= 11 is 0. The van der Waals surface area contributed by atoms with Gasteiger partial charge in [0.2, 0.25) is 5.91 Å². The third-order valence-corrected chi connectivity index (χ3v) is 3.13. The van der Waals surface area contributed by atoms with E-state index < -0.39 is 16.9 Å². The molecule has 8 heteroatoms. The maximum atomic E-state index is 11.6. The van der Waals surface area contributed by atoms with Crippen molar-refractivity contribution in [1.29, 1.82) is 0 Å². The third-order valence-electron chi connectivity index (χ3n) is 3.13. The second kappa shape index (κ2) is 5.66. The number of hydrazine groups is 1. The van der Waals surface area contributed by atoms with Crippen LogP contribution in [0.3, 0.4) is 0 Å². The molecule has 1 aromatic carbocycles. The zero-order chi connectivity index (χ0) is 14.7. The fraction of sp³-hybridized carbons (Fsp3) is 0.333. The minimum absolute atomic E-state index is 0.0205. The molecule has 0 radical (unpaired) electrons. The van der Waals surface area contributed by atoms with Crippen LogP contribution in [0.4, 0.5) is 5.69 Å². The summed E-state index contributed by atoms with van der Waals surface area (Å²) in [6.45, 7) is 0.0205. The van der Waals surface area contributed by atoms with Crippen LogP contribution in [0, 0.1) is 10.1 Å². The number of hydrogen-bond donors (Lipinski definition) is 2. The van der Waals surface area contributed by atoms with Crippen molar-refractivity contribution in [2.24, 2.45) is 0 Å². The highest BCUT2D eigenvalue weighted by atomic mass is 16.6. The van der Waals surface area contributed by atoms with Gasteiger partial charge in [-0.2, -0.15) is 0 Å². The van der Waals surface area contributed by atoms with Crippen LogP contribution in [-0.4, -0.2) is 33.0 Å². The van der Waals surface area contributed by atoms with E-state index in [1.165, 1.54) is 6.07 Å². The molecule has 0 saturated carbocycles. The van der Waals surface area contributed by atoms with E-state index in [0.717, 1.165) is 5.01 Å². The number of nitro groups is 1. The molecule has 0 spiro atoms. The third kappa shape index (κ3) is 2.75. The highest BCUT2D eigenvalue weighted by Crippen LogP contribution is 2.20. The lowest BCUT2D eigenvalue weighted by atomic mass is 10.2. The lowest BCUT2D eigenvalue weighted by molar-refractivity contribution is -0.385. The molecule has 1 amide bonds. The number of carbonyl (C=O) groups is 2. The summed E-state index contributed by atoms with van der Waals surface area (Å²) < 4.78 is 0. The SMILES string of the molecule is O=C(O)[C@@H]1CCC(=O)N1NCc1ccccc1[N+](=O)[O-]. The summed E-state index contributed by atoms with van der Waals surface area (Å²) in [7, 11) is 0. The number of amides is 1. The molecule has 0 aliphatic carbocycles. The largest absolute Gasteiger partial charge is 0.480 e. The van der Waals surface area contributed by atoms with Crippen molar-refractivity contribution in [2.45, 2.75) is 25.4 Å². The molecule has 1 aliphatic rings. The molecule has 8 nitrogen and oxygen atoms in total. The van der Waals surface area contributed by atoms with Gasteiger partial charge in [0.1, 0.15) is 6.04 Å². The maximum Gasteiger partial charge on any atom is 0.328 e. The van der Waals surface area contributed by atoms with Crippen LogP contribution in [0.25, 0.3) is 0 Å². The monoisotopic (exact) mass is 279 g/mol. The molecule has 0 unspecified atom stereocenters. The Bertz CT molecular complexity index is 560. The van der Waals surface area contributed by atoms with Crippen LogP contribution >= 0.6 is 0 Å². The Morgan fingerprint density at radius 2 is 2.20 bits per heavy atom. The number of benzene rings is 1. The first-order valence-electron chi connectivity index (χ1n) is 6.01. The summed E-state index contributed by atoms with van der Waals surface area (Å²) in [4.78, 5) is 32.9. The molecule has 2 rings (SSSR count). The zero-order valence-corrected chi connectivity index (χ0v) is 10.5. The first-order chi connectivity index (χ1) is 9.50. The van der Waals surface area contributed by atoms with Gasteiger partial charge in [-0.3, -0.25) is 19.9 Å². The smallest absolute Gasteiger partial charge is 0.328 e. The molecule has 0 aromatic heterocycles. The molecule has 1 saturated heterocycles. The Morgan fingerprint density at radius 3 is 2.85 bits per heavy atom. The number of carboxylic acids is 1. The van der Waals surface area contributed by atoms with Gasteiger partial charge < -0.3 is 5.11 Å². The van der Waals surface area contributed by atoms with Crippen molar-refractivity contribution < 1.29 is 19.6 Å². The van der Waals surface area contributed by atoms with Gasteiger partial charge in [0.15, 0.2) is 0 Å². The van der Waals surface area contributed by atoms with Crippen molar-refractivity contribution in [3.63, 3.8) is 0 Å². The normalized spacial score (nSPS) is 18.3. The Hall–Kier alpha value is -2.48. The number of nitro benzene ring substituents is 1. The average Bonchev–Trinajstić information content (AvgIpc) is 2.78. The predicted octanol–water partition coefficient (Wildman–Crippen LogP) is 0.675. The number of nitrogens with one attached hydrogen (secondary N) is 1. The zero-order valence-electron chi connectivity index (χ0n) is 10.5. The van der Waals surface area contributed by atoms with Gasteiger partial charge >= 0.3 is 5.97 Å². The average molecular weight is 279 g/mol. The second-order valence-corrected chi connectivity index (χ2v) is 4.38. The topological polar surface area (TPSA) is 113 Å². The standard InChI is InChI=1S/C12H13N3O5/c16-11-6-5-10(12(17)18)14(11)13-7-8-3-1-2-4-9(8)15(19)20/h1-4,10,13H,5-7H2,(H,17,18)/t10-/m0/s1. The molecule has 20 heavy (non-hydrogen) atoms. The van der Waals surface area contributed by atoms with Gasteiger partial charge in [-0.15, -0.1) is 0 Å². The molecule has 1 aromatic rings. The number of rotatable bonds is 5. The summed E-state index contributed by atoms with van der Waals surface area (Å²) in [5.74, 6) is -1.41. The van der Waals surface area contributed by atoms with Gasteiger partial charge in [-0.25, -0.2) is 10.2 Å². The number of para-hydroxylation sites is 1. The molecular formula is C12H13N3O5. The number of nitrogens with zero attached hydrogens (tertiary/aromatic N) is 2. The predicted molar refractivity (Wildman–Crippen MR) is 67.4 cm³/mol. The van der Waals surface area contributed by atoms with Gasteiger partial charge in [0.05, 0.1) is 4.92 Å². The number of aliphatic carboxylic acids is 1. The summed E-state index contributed by atoms with van der Waals surface area (Å²) in [6.07, 6.45) is 0.388. The van der Waals surface area contributed by atoms with E-state index in [1.807, 2.05) is 0 Å². The molecule has 1 fully saturated rings. The summed E-state index contributed by atoms with van der Waals surface area (Å²) in [6, 6.07) is 5.18. The molecule has 1 atom stereocenters. The number of hydrogen-bond acceptors (Lipinski definition) is 5. The van der Waals surface area contributed by atoms with Crippen molar-refractivity contribution in [2.75, 3.05) is 0 Å². The lowest BCUT2D eigenvalue weighted by Crippen LogP contribution is -2.47. The van der Waals surface area contributed by atoms with Gasteiger partial charge in [0.25, 0.3) is 5.69 Å². The van der Waals surface area contributed by atoms with Crippen molar-refractivity contribution in [3.8, 4) is 0 Å². The Kier molecular flexibility index (Phi) is 3.94. The number of carbonyl (C=O) groups excluding carboxylic acids is 1. The van der Waals surface area contributed by atoms with Crippen LogP contribution in [0.1, 0.15) is 18.4 Å². The molecule has 1 aliphatic heterocycles. The highest BCUT2D eigenvalue weighted by Gasteiger charge is 2.36. The molecule has 106 valence electrons. The Morgan fingerprint density at radius 1 is 1.50 bits per heavy atom. The Labute approximate surface area is 114 Å². The van der Waals surface area contributed by atoms with Gasteiger partial charge in [-0.05, 0) is 6.42 Å². The quantitative estimate of drug-likeness (QED) is 0.605. The van der Waals surface area contributed by atoms with E-state index >= 15 is 0 Å². The van der Waals surface area contributed by atoms with Gasteiger partial charge in [0, 0.05) is 24.6 Å². The van der Waals surface area contributed by atoms with E-state index in [0.29, 0.717) is 5.56 Å². The fourth-order valence-electron chi connectivity index (χ4n) is 2.12. The maximum absolute atomic E-state index is 11.6. The lowest BCUT2D eigenvalue weighted by Gasteiger charge is -2.22. The first-order valence-corrected chi connectivity index (χ1v) is 6.01. The minimum atomic E-state index is -1.09. The molecule has 1 heterocycles. The summed E-state index contributed by atoms with van der Waals surface area (Å²) in [5, 5.41) is 20.9. The van der Waals surface area contributed by atoms with Crippen LogP contribution in [-0.2, 0) is 16.1 Å². The van der Waals surface area contributed by atoms with Gasteiger partial charge in [-0.1, -0.05) is 18.2 Å². The van der Waals surface area contributed by atoms with Crippen LogP contribution < -0.4 is 5.43 Å².